The molecule has 15 rings (SSSR count). The molecule has 0 unspecified atom stereocenters. The normalized spacial score (nSPS) is 12.9. The first kappa shape index (κ1) is 40.8. The van der Waals surface area contributed by atoms with Gasteiger partial charge in [0.15, 0.2) is 0 Å². The molecule has 0 bridgehead atoms. The van der Waals surface area contributed by atoms with Gasteiger partial charge in [-0.3, -0.25) is 0 Å². The van der Waals surface area contributed by atoms with Crippen LogP contribution in [0, 0.1) is 0 Å². The average molecular weight is 938 g/mol. The van der Waals surface area contributed by atoms with E-state index in [0.717, 1.165) is 83.5 Å². The van der Waals surface area contributed by atoms with Crippen LogP contribution in [0.15, 0.2) is 241 Å². The maximum atomic E-state index is 6.59. The lowest BCUT2D eigenvalue weighted by atomic mass is 9.95. The van der Waals surface area contributed by atoms with E-state index in [1.54, 1.807) is 11.3 Å². The predicted octanol–water partition coefficient (Wildman–Crippen LogP) is 18.9. The molecule has 72 heavy (non-hydrogen) atoms. The number of furan rings is 1. The summed E-state index contributed by atoms with van der Waals surface area (Å²) in [6.45, 7) is 0. The molecule has 0 amide bonds. The van der Waals surface area contributed by atoms with Crippen molar-refractivity contribution < 1.29 is 4.42 Å². The molecular formula is C67H43N3OS. The first-order valence-corrected chi connectivity index (χ1v) is 25.6. The number of para-hydroxylation sites is 5. The van der Waals surface area contributed by atoms with E-state index < -0.39 is 0 Å². The van der Waals surface area contributed by atoms with Crippen molar-refractivity contribution in [1.82, 2.24) is 14.1 Å². The summed E-state index contributed by atoms with van der Waals surface area (Å²) in [6, 6.07) is 79.3. The maximum absolute atomic E-state index is 6.59. The number of aromatic nitrogens is 3. The predicted molar refractivity (Wildman–Crippen MR) is 304 cm³/mol. The standard InChI is InChI=1S/C67H43N3OS/c1-3-14-48(15-4-1)69-59-23-10-7-18-52(59)57-40-46(34-38-61(57)69)42-26-30-44(31-27-42)50-36-37-51(66-64(50)68-67(72-66)56-22-13-21-55-54-20-9-12-25-63(54)71-65(55)56)45-32-28-43(29-33-45)47-35-39-62-58(41-47)53-19-8-11-24-60(53)70(62)49-16-5-2-6-17-49/h2-3,5-41H,1,4H2. The number of rotatable bonds is 7. The van der Waals surface area contributed by atoms with Crippen molar-refractivity contribution >= 4 is 92.8 Å². The lowest BCUT2D eigenvalue weighted by Gasteiger charge is -2.12. The Bertz CT molecular complexity index is 4540. The van der Waals surface area contributed by atoms with Crippen molar-refractivity contribution in [1.29, 1.82) is 0 Å². The average Bonchev–Trinajstić information content (AvgIpc) is 4.23. The van der Waals surface area contributed by atoms with Gasteiger partial charge < -0.3 is 13.6 Å². The molecule has 0 fully saturated rings. The highest BCUT2D eigenvalue weighted by Crippen LogP contribution is 2.45. The van der Waals surface area contributed by atoms with Crippen LogP contribution in [0.3, 0.4) is 0 Å². The number of allylic oxidation sites excluding steroid dienone is 4. The third-order valence-electron chi connectivity index (χ3n) is 14.8. The third-order valence-corrected chi connectivity index (χ3v) is 16.0. The zero-order chi connectivity index (χ0) is 47.3. The molecule has 0 N–H and O–H groups in total. The molecule has 10 aromatic carbocycles. The minimum Gasteiger partial charge on any atom is -0.455 e. The monoisotopic (exact) mass is 937 g/mol. The van der Waals surface area contributed by atoms with E-state index in [-0.39, 0.29) is 0 Å². The van der Waals surface area contributed by atoms with Crippen molar-refractivity contribution in [3.8, 4) is 60.8 Å². The minimum atomic E-state index is 0.866. The van der Waals surface area contributed by atoms with Gasteiger partial charge in [-0.1, -0.05) is 170 Å². The van der Waals surface area contributed by atoms with Crippen molar-refractivity contribution in [2.24, 2.45) is 0 Å². The van der Waals surface area contributed by atoms with E-state index in [9.17, 15) is 0 Å². The molecule has 0 radical (unpaired) electrons. The van der Waals surface area contributed by atoms with Gasteiger partial charge in [0, 0.05) is 54.8 Å². The molecule has 0 atom stereocenters. The Kier molecular flexibility index (Phi) is 9.23. The number of benzene rings is 10. The fourth-order valence-corrected chi connectivity index (χ4v) is 12.5. The van der Waals surface area contributed by atoms with Gasteiger partial charge in [0.05, 0.1) is 37.8 Å². The van der Waals surface area contributed by atoms with Gasteiger partial charge in [0.25, 0.3) is 0 Å². The Hall–Kier alpha value is -9.03. The second kappa shape index (κ2) is 16.3. The summed E-state index contributed by atoms with van der Waals surface area (Å²) >= 11 is 1.74. The van der Waals surface area contributed by atoms with Gasteiger partial charge in [0.1, 0.15) is 16.2 Å². The molecular weight excluding hydrogens is 895 g/mol. The summed E-state index contributed by atoms with van der Waals surface area (Å²) in [5.74, 6) is 0. The van der Waals surface area contributed by atoms with Crippen LogP contribution >= 0.6 is 11.3 Å². The van der Waals surface area contributed by atoms with Crippen LogP contribution in [-0.2, 0) is 0 Å². The lowest BCUT2D eigenvalue weighted by molar-refractivity contribution is 0.670. The van der Waals surface area contributed by atoms with E-state index >= 15 is 0 Å². The quantitative estimate of drug-likeness (QED) is 0.160. The Morgan fingerprint density at radius 2 is 0.958 bits per heavy atom. The van der Waals surface area contributed by atoms with E-state index in [1.165, 1.54) is 71.6 Å². The van der Waals surface area contributed by atoms with E-state index in [4.69, 9.17) is 9.40 Å². The molecule has 0 spiro atoms. The second-order valence-electron chi connectivity index (χ2n) is 18.9. The van der Waals surface area contributed by atoms with Gasteiger partial charge in [-0.15, -0.1) is 11.3 Å². The first-order valence-electron chi connectivity index (χ1n) is 24.7. The molecule has 338 valence electrons. The summed E-state index contributed by atoms with van der Waals surface area (Å²) in [4.78, 5) is 5.54. The Labute approximate surface area is 419 Å². The van der Waals surface area contributed by atoms with Crippen molar-refractivity contribution in [2.45, 2.75) is 12.8 Å². The van der Waals surface area contributed by atoms with E-state index in [0.29, 0.717) is 0 Å². The van der Waals surface area contributed by atoms with Crippen LogP contribution in [-0.4, -0.2) is 14.1 Å². The molecule has 4 heterocycles. The van der Waals surface area contributed by atoms with Crippen molar-refractivity contribution in [3.05, 3.63) is 237 Å². The molecule has 14 aromatic rings. The number of fused-ring (bicyclic) bond motifs is 10. The third kappa shape index (κ3) is 6.41. The first-order chi connectivity index (χ1) is 35.7. The van der Waals surface area contributed by atoms with Crippen LogP contribution in [0.4, 0.5) is 0 Å². The fourth-order valence-electron chi connectivity index (χ4n) is 11.4. The van der Waals surface area contributed by atoms with Crippen LogP contribution in [0.1, 0.15) is 12.8 Å². The number of thiazole rings is 1. The molecule has 1 aliphatic rings. The van der Waals surface area contributed by atoms with Crippen LogP contribution in [0.5, 0.6) is 0 Å². The zero-order valence-electron chi connectivity index (χ0n) is 39.1. The highest BCUT2D eigenvalue weighted by molar-refractivity contribution is 7.22. The van der Waals surface area contributed by atoms with Gasteiger partial charge in [-0.05, 0) is 113 Å². The van der Waals surface area contributed by atoms with Crippen LogP contribution in [0.2, 0.25) is 0 Å². The van der Waals surface area contributed by atoms with E-state index in [2.05, 4.69) is 234 Å². The lowest BCUT2D eigenvalue weighted by Crippen LogP contribution is -1.96. The second-order valence-corrected chi connectivity index (χ2v) is 19.9. The highest BCUT2D eigenvalue weighted by atomic mass is 32.1. The van der Waals surface area contributed by atoms with Crippen LogP contribution in [0.25, 0.3) is 142 Å². The fraction of sp³-hybridized carbons (Fsp3) is 0.0299. The molecule has 0 aliphatic heterocycles. The number of hydrogen-bond acceptors (Lipinski definition) is 3. The van der Waals surface area contributed by atoms with Gasteiger partial charge in [-0.25, -0.2) is 4.98 Å². The Morgan fingerprint density at radius 3 is 1.65 bits per heavy atom. The topological polar surface area (TPSA) is 35.9 Å². The van der Waals surface area contributed by atoms with Gasteiger partial charge in [-0.2, -0.15) is 0 Å². The summed E-state index contributed by atoms with van der Waals surface area (Å²) in [5, 5.41) is 8.17. The van der Waals surface area contributed by atoms with Crippen molar-refractivity contribution in [2.75, 3.05) is 0 Å². The zero-order valence-corrected chi connectivity index (χ0v) is 39.9. The summed E-state index contributed by atoms with van der Waals surface area (Å²) in [5.41, 5.74) is 20.3. The largest absolute Gasteiger partial charge is 0.455 e. The Balaban J connectivity index is 0.831. The number of nitrogens with zero attached hydrogens (tertiary/aromatic N) is 3. The molecule has 1 aliphatic carbocycles. The van der Waals surface area contributed by atoms with E-state index in [1.807, 2.05) is 12.1 Å². The molecule has 0 saturated heterocycles. The molecule has 4 aromatic heterocycles. The van der Waals surface area contributed by atoms with Crippen molar-refractivity contribution in [3.63, 3.8) is 0 Å². The maximum Gasteiger partial charge on any atom is 0.145 e. The van der Waals surface area contributed by atoms with Gasteiger partial charge in [0.2, 0.25) is 0 Å². The smallest absolute Gasteiger partial charge is 0.145 e. The SMILES string of the molecule is C1=CC(n2c3ccccc3c3cc(-c4ccc(-c5ccc(-c6ccc(-c7ccc8c(c7)c7ccccc7n8-c7ccccc7)cc6)c6sc(-c7cccc8c7oc7ccccc78)nc56)cc4)ccc32)=CCC1. The van der Waals surface area contributed by atoms with Crippen LogP contribution < -0.4 is 0 Å². The summed E-state index contributed by atoms with van der Waals surface area (Å²) < 4.78 is 12.5. The minimum absolute atomic E-state index is 0.866. The molecule has 0 saturated carbocycles. The molecule has 4 nitrogen and oxygen atoms in total. The summed E-state index contributed by atoms with van der Waals surface area (Å²) in [6.07, 6.45) is 9.06. The molecule has 5 heteroatoms. The Morgan fingerprint density at radius 1 is 0.403 bits per heavy atom. The summed E-state index contributed by atoms with van der Waals surface area (Å²) in [7, 11) is 0. The number of hydrogen-bond donors (Lipinski definition) is 0. The highest BCUT2D eigenvalue weighted by Gasteiger charge is 2.21. The van der Waals surface area contributed by atoms with Gasteiger partial charge >= 0.3 is 0 Å².